The molecule has 3 rings (SSSR count). The van der Waals surface area contributed by atoms with Gasteiger partial charge in [-0.3, -0.25) is 9.89 Å². The van der Waals surface area contributed by atoms with Gasteiger partial charge >= 0.3 is 0 Å². The summed E-state index contributed by atoms with van der Waals surface area (Å²) >= 11 is 6.36. The van der Waals surface area contributed by atoms with E-state index in [0.717, 1.165) is 35.1 Å². The number of halogens is 1. The fourth-order valence-electron chi connectivity index (χ4n) is 3.04. The first-order valence-corrected chi connectivity index (χ1v) is 8.19. The Labute approximate surface area is 140 Å². The van der Waals surface area contributed by atoms with E-state index in [-0.39, 0.29) is 12.3 Å². The van der Waals surface area contributed by atoms with Crippen LogP contribution in [0.3, 0.4) is 0 Å². The average molecular weight is 333 g/mol. The predicted molar refractivity (Wildman–Crippen MR) is 94.5 cm³/mol. The van der Waals surface area contributed by atoms with E-state index in [9.17, 15) is 5.11 Å². The topological polar surface area (TPSA) is 64.5 Å². The summed E-state index contributed by atoms with van der Waals surface area (Å²) in [6.45, 7) is 7.20. The van der Waals surface area contributed by atoms with E-state index in [1.165, 1.54) is 0 Å². The summed E-state index contributed by atoms with van der Waals surface area (Å²) < 4.78 is 0. The molecule has 1 fully saturated rings. The highest BCUT2D eigenvalue weighted by Crippen LogP contribution is 2.29. The van der Waals surface area contributed by atoms with Gasteiger partial charge in [-0.15, -0.1) is 0 Å². The van der Waals surface area contributed by atoms with Gasteiger partial charge in [0, 0.05) is 31.3 Å². The lowest BCUT2D eigenvalue weighted by Gasteiger charge is -2.27. The molecule has 0 radical (unpaired) electrons. The summed E-state index contributed by atoms with van der Waals surface area (Å²) in [5.74, 6) is 0.770. The van der Waals surface area contributed by atoms with Crippen LogP contribution >= 0.6 is 11.6 Å². The maximum atomic E-state index is 9.73. The number of aromatic nitrogens is 2. The standard InChI is InChI=1S/C17H21ClN4O/c1-3-5-15-14(4-2)20-17(21-15)12-8-16(19-9-13(12)18)22-7-6-11(23)10-22/h3-5,9,11,16,23H,1,6-8,10H2,2H3,(H,20,21)/b14-4+,15-5+. The minimum absolute atomic E-state index is 0.00985. The van der Waals surface area contributed by atoms with Crippen molar-refractivity contribution in [2.45, 2.75) is 32.0 Å². The predicted octanol–water partition coefficient (Wildman–Crippen LogP) is 0.994. The second kappa shape index (κ2) is 6.83. The zero-order chi connectivity index (χ0) is 16.4. The largest absolute Gasteiger partial charge is 0.392 e. The number of allylic oxidation sites excluding steroid dienone is 2. The zero-order valence-electron chi connectivity index (χ0n) is 13.2. The van der Waals surface area contributed by atoms with Gasteiger partial charge in [0.1, 0.15) is 12.0 Å². The monoisotopic (exact) mass is 332 g/mol. The van der Waals surface area contributed by atoms with Crippen LogP contribution in [0, 0.1) is 0 Å². The highest BCUT2D eigenvalue weighted by atomic mass is 35.5. The number of aliphatic imine (C=N–C) groups is 1. The maximum Gasteiger partial charge on any atom is 0.136 e. The van der Waals surface area contributed by atoms with Crippen LogP contribution in [0.2, 0.25) is 0 Å². The van der Waals surface area contributed by atoms with Crippen molar-refractivity contribution < 1.29 is 5.11 Å². The van der Waals surface area contributed by atoms with E-state index >= 15 is 0 Å². The SMILES string of the molecule is C=C/C=c1/[nH]c(C2=C(Cl)C=NC(N3CCC(O)C3)C2)n/c1=C/C. The van der Waals surface area contributed by atoms with Gasteiger partial charge in [0.2, 0.25) is 0 Å². The van der Waals surface area contributed by atoms with Crippen molar-refractivity contribution in [2.75, 3.05) is 13.1 Å². The number of β-amino-alcohol motifs (C(OH)–C–C–N with tert-alkyl or cyclic N) is 1. The lowest BCUT2D eigenvalue weighted by Crippen LogP contribution is -2.34. The number of dihydropyridines is 1. The maximum absolute atomic E-state index is 9.73. The molecule has 0 amide bonds. The third-order valence-electron chi connectivity index (χ3n) is 4.26. The molecule has 0 spiro atoms. The van der Waals surface area contributed by atoms with Gasteiger partial charge in [-0.2, -0.15) is 0 Å². The van der Waals surface area contributed by atoms with Crippen molar-refractivity contribution in [2.24, 2.45) is 4.99 Å². The van der Waals surface area contributed by atoms with Gasteiger partial charge in [-0.25, -0.2) is 4.98 Å². The molecular weight excluding hydrogens is 312 g/mol. The zero-order valence-corrected chi connectivity index (χ0v) is 13.9. The molecule has 2 atom stereocenters. The van der Waals surface area contributed by atoms with Crippen molar-refractivity contribution in [1.29, 1.82) is 0 Å². The lowest BCUT2D eigenvalue weighted by atomic mass is 10.1. The second-order valence-corrected chi connectivity index (χ2v) is 6.21. The summed E-state index contributed by atoms with van der Waals surface area (Å²) in [5.41, 5.74) is 0.958. The van der Waals surface area contributed by atoms with Gasteiger partial charge in [-0.05, 0) is 19.4 Å². The highest BCUT2D eigenvalue weighted by molar-refractivity contribution is 6.42. The smallest absolute Gasteiger partial charge is 0.136 e. The van der Waals surface area contributed by atoms with Crippen LogP contribution in [0.4, 0.5) is 0 Å². The number of rotatable bonds is 3. The minimum Gasteiger partial charge on any atom is -0.392 e. The van der Waals surface area contributed by atoms with Crippen molar-refractivity contribution in [3.8, 4) is 0 Å². The van der Waals surface area contributed by atoms with E-state index in [2.05, 4.69) is 26.4 Å². The third kappa shape index (κ3) is 3.32. The average Bonchev–Trinajstić information content (AvgIpc) is 3.14. The normalized spacial score (nSPS) is 27.3. The Bertz CT molecular complexity index is 777. The fourth-order valence-corrected chi connectivity index (χ4v) is 3.27. The summed E-state index contributed by atoms with van der Waals surface area (Å²) in [6.07, 6.45) is 8.52. The minimum atomic E-state index is -0.256. The number of nitrogens with zero attached hydrogens (tertiary/aromatic N) is 3. The number of H-pyrrole nitrogens is 1. The van der Waals surface area contributed by atoms with Crippen LogP contribution in [0.25, 0.3) is 17.7 Å². The Kier molecular flexibility index (Phi) is 4.80. The first kappa shape index (κ1) is 16.2. The van der Waals surface area contributed by atoms with Crippen molar-refractivity contribution in [3.63, 3.8) is 0 Å². The Morgan fingerprint density at radius 2 is 2.35 bits per heavy atom. The van der Waals surface area contributed by atoms with Gasteiger partial charge in [0.25, 0.3) is 0 Å². The molecule has 0 saturated carbocycles. The fraction of sp³-hybridized carbons (Fsp3) is 0.412. The van der Waals surface area contributed by atoms with E-state index < -0.39 is 0 Å². The Hall–Kier alpha value is -1.69. The molecule has 2 unspecified atom stereocenters. The van der Waals surface area contributed by atoms with Crippen LogP contribution < -0.4 is 10.7 Å². The first-order valence-electron chi connectivity index (χ1n) is 7.81. The van der Waals surface area contributed by atoms with Crippen LogP contribution in [0.1, 0.15) is 25.6 Å². The quantitative estimate of drug-likeness (QED) is 0.867. The summed E-state index contributed by atoms with van der Waals surface area (Å²) in [7, 11) is 0. The molecule has 1 aromatic rings. The van der Waals surface area contributed by atoms with Gasteiger partial charge in [-0.1, -0.05) is 30.3 Å². The number of hydrogen-bond donors (Lipinski definition) is 2. The molecule has 3 heterocycles. The van der Waals surface area contributed by atoms with Crippen LogP contribution in [0.5, 0.6) is 0 Å². The number of imidazole rings is 1. The summed E-state index contributed by atoms with van der Waals surface area (Å²) in [5, 5.41) is 12.1. The van der Waals surface area contributed by atoms with Gasteiger partial charge in [0.05, 0.1) is 21.8 Å². The van der Waals surface area contributed by atoms with Gasteiger partial charge in [0.15, 0.2) is 0 Å². The molecule has 0 bridgehead atoms. The van der Waals surface area contributed by atoms with Crippen LogP contribution in [0.15, 0.2) is 22.7 Å². The van der Waals surface area contributed by atoms with Gasteiger partial charge < -0.3 is 10.1 Å². The second-order valence-electron chi connectivity index (χ2n) is 5.80. The molecule has 0 aromatic carbocycles. The van der Waals surface area contributed by atoms with Crippen LogP contribution in [-0.4, -0.2) is 51.5 Å². The number of nitrogens with one attached hydrogen (secondary N) is 1. The van der Waals surface area contributed by atoms with Crippen molar-refractivity contribution in [1.82, 2.24) is 14.9 Å². The Morgan fingerprint density at radius 3 is 3.00 bits per heavy atom. The van der Waals surface area contributed by atoms with Crippen LogP contribution in [-0.2, 0) is 0 Å². The van der Waals surface area contributed by atoms with E-state index in [1.807, 2.05) is 19.1 Å². The number of aliphatic hydroxyl groups excluding tert-OH is 1. The van der Waals surface area contributed by atoms with Crippen molar-refractivity contribution in [3.05, 3.63) is 34.2 Å². The number of aromatic amines is 1. The molecule has 1 saturated heterocycles. The Morgan fingerprint density at radius 1 is 1.52 bits per heavy atom. The molecule has 5 nitrogen and oxygen atoms in total. The molecule has 2 aliphatic heterocycles. The highest BCUT2D eigenvalue weighted by Gasteiger charge is 2.30. The number of aliphatic hydroxyl groups is 1. The molecule has 6 heteroatoms. The molecule has 0 aliphatic carbocycles. The lowest BCUT2D eigenvalue weighted by molar-refractivity contribution is 0.161. The Balaban J connectivity index is 1.91. The number of likely N-dealkylation sites (tertiary alicyclic amines) is 1. The molecule has 122 valence electrons. The first-order chi connectivity index (χ1) is 11.1. The molecule has 23 heavy (non-hydrogen) atoms. The third-order valence-corrected chi connectivity index (χ3v) is 4.58. The van der Waals surface area contributed by atoms with Crippen molar-refractivity contribution >= 4 is 35.5 Å². The van der Waals surface area contributed by atoms with E-state index in [4.69, 9.17) is 11.6 Å². The molecule has 2 N–H and O–H groups in total. The molecule has 2 aliphatic rings. The molecular formula is C17H21ClN4O. The summed E-state index contributed by atoms with van der Waals surface area (Å²) in [4.78, 5) is 14.7. The van der Waals surface area contributed by atoms with E-state index in [0.29, 0.717) is 18.0 Å². The molecule has 1 aromatic heterocycles. The van der Waals surface area contributed by atoms with E-state index in [1.54, 1.807) is 12.3 Å². The summed E-state index contributed by atoms with van der Waals surface area (Å²) in [6, 6.07) is 0. The number of hydrogen-bond acceptors (Lipinski definition) is 4.